The van der Waals surface area contributed by atoms with Crippen LogP contribution in [0.2, 0.25) is 0 Å². The van der Waals surface area contributed by atoms with Crippen molar-refractivity contribution in [1.82, 2.24) is 14.5 Å². The van der Waals surface area contributed by atoms with Gasteiger partial charge in [-0.25, -0.2) is 4.98 Å². The van der Waals surface area contributed by atoms with Crippen LogP contribution in [0.25, 0.3) is 27.8 Å². The number of nitrogens with one attached hydrogen (secondary N) is 1. The lowest BCUT2D eigenvalue weighted by molar-refractivity contribution is 1.10. The van der Waals surface area contributed by atoms with E-state index in [9.17, 15) is 4.79 Å². The quantitative estimate of drug-likeness (QED) is 0.615. The van der Waals surface area contributed by atoms with Gasteiger partial charge in [0, 0.05) is 17.6 Å². The van der Waals surface area contributed by atoms with E-state index < -0.39 is 0 Å². The highest BCUT2D eigenvalue weighted by molar-refractivity contribution is 7.08. The molecule has 0 aliphatic heterocycles. The van der Waals surface area contributed by atoms with Crippen LogP contribution < -0.4 is 5.56 Å². The van der Waals surface area contributed by atoms with Gasteiger partial charge in [0.05, 0.1) is 16.7 Å². The zero-order chi connectivity index (χ0) is 14.2. The van der Waals surface area contributed by atoms with Crippen LogP contribution in [0.3, 0.4) is 0 Å². The summed E-state index contributed by atoms with van der Waals surface area (Å²) in [5.74, 6) is 0. The van der Waals surface area contributed by atoms with Crippen molar-refractivity contribution >= 4 is 22.4 Å². The molecule has 0 atom stereocenters. The number of pyridine rings is 1. The fourth-order valence-corrected chi connectivity index (χ4v) is 3.04. The molecule has 1 aromatic carbocycles. The molecular weight excluding hydrogens is 282 g/mol. The van der Waals surface area contributed by atoms with E-state index >= 15 is 0 Å². The van der Waals surface area contributed by atoms with Gasteiger partial charge in [0.15, 0.2) is 0 Å². The van der Waals surface area contributed by atoms with E-state index in [2.05, 4.69) is 26.0 Å². The van der Waals surface area contributed by atoms with Gasteiger partial charge < -0.3 is 4.98 Å². The molecule has 3 aromatic heterocycles. The molecule has 4 nitrogen and oxygen atoms in total. The standard InChI is InChI=1S/C16H11N3OS/c20-16-8-12(3-5-17-16)11-1-2-15-14(7-11)18-10-19(15)13-4-6-21-9-13/h1-10H,(H,17,20). The first-order valence-corrected chi connectivity index (χ1v) is 7.44. The summed E-state index contributed by atoms with van der Waals surface area (Å²) in [6.07, 6.45) is 3.49. The fraction of sp³-hybridized carbons (Fsp3) is 0. The van der Waals surface area contributed by atoms with Gasteiger partial charge in [-0.1, -0.05) is 6.07 Å². The van der Waals surface area contributed by atoms with E-state index in [1.54, 1.807) is 23.6 Å². The molecule has 21 heavy (non-hydrogen) atoms. The summed E-state index contributed by atoms with van der Waals surface area (Å²) >= 11 is 1.66. The number of nitrogens with zero attached hydrogens (tertiary/aromatic N) is 2. The maximum atomic E-state index is 11.4. The minimum atomic E-state index is -0.101. The molecule has 3 heterocycles. The Hall–Kier alpha value is -2.66. The Bertz CT molecular complexity index is 967. The number of aromatic amines is 1. The predicted octanol–water partition coefficient (Wildman–Crippen LogP) is 3.44. The number of rotatable bonds is 2. The summed E-state index contributed by atoms with van der Waals surface area (Å²) in [5.41, 5.74) is 4.87. The molecule has 0 radical (unpaired) electrons. The van der Waals surface area contributed by atoms with Gasteiger partial charge in [0.2, 0.25) is 5.56 Å². The van der Waals surface area contributed by atoms with E-state index in [0.717, 1.165) is 27.8 Å². The minimum absolute atomic E-state index is 0.101. The average Bonchev–Trinajstić information content (AvgIpc) is 3.15. The lowest BCUT2D eigenvalue weighted by Gasteiger charge is -2.03. The highest BCUT2D eigenvalue weighted by atomic mass is 32.1. The third kappa shape index (κ3) is 2.08. The highest BCUT2D eigenvalue weighted by Crippen LogP contribution is 2.25. The molecule has 5 heteroatoms. The lowest BCUT2D eigenvalue weighted by atomic mass is 10.1. The molecule has 0 aliphatic rings. The maximum Gasteiger partial charge on any atom is 0.248 e. The van der Waals surface area contributed by atoms with Gasteiger partial charge in [-0.3, -0.25) is 9.36 Å². The van der Waals surface area contributed by atoms with Crippen LogP contribution >= 0.6 is 11.3 Å². The number of H-pyrrole nitrogens is 1. The summed E-state index contributed by atoms with van der Waals surface area (Å²) in [7, 11) is 0. The van der Waals surface area contributed by atoms with E-state index in [0.29, 0.717) is 0 Å². The van der Waals surface area contributed by atoms with Gasteiger partial charge >= 0.3 is 0 Å². The lowest BCUT2D eigenvalue weighted by Crippen LogP contribution is -2.01. The Balaban J connectivity index is 1.87. The van der Waals surface area contributed by atoms with Gasteiger partial charge in [0.1, 0.15) is 6.33 Å². The van der Waals surface area contributed by atoms with Gasteiger partial charge in [-0.05, 0) is 40.8 Å². The molecule has 0 fully saturated rings. The number of benzene rings is 1. The normalized spacial score (nSPS) is 11.0. The zero-order valence-electron chi connectivity index (χ0n) is 11.0. The molecule has 0 bridgehead atoms. The molecule has 0 saturated carbocycles. The fourth-order valence-electron chi connectivity index (χ4n) is 2.42. The Morgan fingerprint density at radius 3 is 2.81 bits per heavy atom. The third-order valence-corrected chi connectivity index (χ3v) is 4.11. The topological polar surface area (TPSA) is 50.7 Å². The van der Waals surface area contributed by atoms with Crippen molar-refractivity contribution in [2.45, 2.75) is 0 Å². The van der Waals surface area contributed by atoms with Crippen LogP contribution in [0, 0.1) is 0 Å². The summed E-state index contributed by atoms with van der Waals surface area (Å²) in [4.78, 5) is 18.5. The van der Waals surface area contributed by atoms with E-state index in [1.165, 1.54) is 0 Å². The molecular formula is C16H11N3OS. The van der Waals surface area contributed by atoms with Gasteiger partial charge in [-0.15, -0.1) is 0 Å². The monoisotopic (exact) mass is 293 g/mol. The first kappa shape index (κ1) is 12.1. The molecule has 0 aliphatic carbocycles. The van der Waals surface area contributed by atoms with Crippen molar-refractivity contribution in [3.05, 3.63) is 70.0 Å². The molecule has 0 spiro atoms. The average molecular weight is 293 g/mol. The second-order valence-corrected chi connectivity index (χ2v) is 5.52. The van der Waals surface area contributed by atoms with Crippen molar-refractivity contribution < 1.29 is 0 Å². The Morgan fingerprint density at radius 1 is 1.10 bits per heavy atom. The number of thiophene rings is 1. The second-order valence-electron chi connectivity index (χ2n) is 4.74. The van der Waals surface area contributed by atoms with Crippen LogP contribution in [0.15, 0.2) is 64.5 Å². The third-order valence-electron chi connectivity index (χ3n) is 3.44. The smallest absolute Gasteiger partial charge is 0.248 e. The predicted molar refractivity (Wildman–Crippen MR) is 85.0 cm³/mol. The summed E-state index contributed by atoms with van der Waals surface area (Å²) in [5, 5.41) is 4.14. The number of hydrogen-bond acceptors (Lipinski definition) is 3. The first-order valence-electron chi connectivity index (χ1n) is 6.50. The van der Waals surface area contributed by atoms with Crippen molar-refractivity contribution in [1.29, 1.82) is 0 Å². The van der Waals surface area contributed by atoms with Crippen LogP contribution in [-0.4, -0.2) is 14.5 Å². The van der Waals surface area contributed by atoms with E-state index in [-0.39, 0.29) is 5.56 Å². The second kappa shape index (κ2) is 4.71. The minimum Gasteiger partial charge on any atom is -0.329 e. The van der Waals surface area contributed by atoms with Gasteiger partial charge in [0.25, 0.3) is 0 Å². The molecule has 1 N–H and O–H groups in total. The van der Waals surface area contributed by atoms with Gasteiger partial charge in [-0.2, -0.15) is 11.3 Å². The molecule has 4 aromatic rings. The molecule has 0 amide bonds. The SMILES string of the molecule is O=c1cc(-c2ccc3c(c2)ncn3-c2ccsc2)cc[nH]1. The number of fused-ring (bicyclic) bond motifs is 1. The molecule has 0 saturated heterocycles. The number of hydrogen-bond donors (Lipinski definition) is 1. The van der Waals surface area contributed by atoms with Crippen molar-refractivity contribution in [2.75, 3.05) is 0 Å². The van der Waals surface area contributed by atoms with Crippen molar-refractivity contribution in [3.63, 3.8) is 0 Å². The van der Waals surface area contributed by atoms with Crippen molar-refractivity contribution in [3.8, 4) is 16.8 Å². The molecule has 4 rings (SSSR count). The van der Waals surface area contributed by atoms with Crippen LogP contribution in [0.1, 0.15) is 0 Å². The zero-order valence-corrected chi connectivity index (χ0v) is 11.8. The number of aromatic nitrogens is 3. The van der Waals surface area contributed by atoms with Crippen LogP contribution in [0.4, 0.5) is 0 Å². The van der Waals surface area contributed by atoms with E-state index in [1.807, 2.05) is 36.0 Å². The summed E-state index contributed by atoms with van der Waals surface area (Å²) < 4.78 is 2.06. The van der Waals surface area contributed by atoms with E-state index in [4.69, 9.17) is 0 Å². The largest absolute Gasteiger partial charge is 0.329 e. The van der Waals surface area contributed by atoms with Crippen LogP contribution in [0.5, 0.6) is 0 Å². The Morgan fingerprint density at radius 2 is 2.00 bits per heavy atom. The Labute approximate surface area is 124 Å². The maximum absolute atomic E-state index is 11.4. The number of imidazole rings is 1. The molecule has 0 unspecified atom stereocenters. The summed E-state index contributed by atoms with van der Waals surface area (Å²) in [6.45, 7) is 0. The first-order chi connectivity index (χ1) is 10.3. The van der Waals surface area contributed by atoms with Crippen LogP contribution in [-0.2, 0) is 0 Å². The van der Waals surface area contributed by atoms with Crippen molar-refractivity contribution in [2.24, 2.45) is 0 Å². The molecule has 102 valence electrons. The Kier molecular flexibility index (Phi) is 2.72. The summed E-state index contributed by atoms with van der Waals surface area (Å²) in [6, 6.07) is 11.6. The highest BCUT2D eigenvalue weighted by Gasteiger charge is 2.07.